The van der Waals surface area contributed by atoms with Crippen LogP contribution in [0.2, 0.25) is 0 Å². The van der Waals surface area contributed by atoms with Crippen molar-refractivity contribution in [3.05, 3.63) is 26.9 Å². The standard InChI is InChI=1S/C11H14BrNO2S/c1-8(14)6-7-13-11(15)5-3-9-2-4-10(12)16-9/h2-5,8,14H,6-7H2,1H3,(H,13,15). The Morgan fingerprint density at radius 3 is 3.00 bits per heavy atom. The number of aliphatic hydroxyl groups is 1. The van der Waals surface area contributed by atoms with Crippen LogP contribution in [0.1, 0.15) is 18.2 Å². The minimum atomic E-state index is -0.377. The second-order valence-corrected chi connectivity index (χ2v) is 5.90. The van der Waals surface area contributed by atoms with Crippen molar-refractivity contribution in [2.45, 2.75) is 19.4 Å². The van der Waals surface area contributed by atoms with E-state index in [0.29, 0.717) is 13.0 Å². The van der Waals surface area contributed by atoms with Gasteiger partial charge in [0.2, 0.25) is 5.91 Å². The Hall–Kier alpha value is -0.650. The van der Waals surface area contributed by atoms with Crippen molar-refractivity contribution in [1.82, 2.24) is 5.32 Å². The molecule has 0 saturated heterocycles. The van der Waals surface area contributed by atoms with Crippen LogP contribution in [0.3, 0.4) is 0 Å². The first-order chi connectivity index (χ1) is 7.58. The van der Waals surface area contributed by atoms with E-state index >= 15 is 0 Å². The van der Waals surface area contributed by atoms with Gasteiger partial charge in [-0.3, -0.25) is 4.79 Å². The molecule has 2 N–H and O–H groups in total. The molecule has 1 amide bonds. The molecule has 0 bridgehead atoms. The van der Waals surface area contributed by atoms with Gasteiger partial charge in [0.1, 0.15) is 0 Å². The van der Waals surface area contributed by atoms with Gasteiger partial charge in [0.25, 0.3) is 0 Å². The summed E-state index contributed by atoms with van der Waals surface area (Å²) in [7, 11) is 0. The number of thiophene rings is 1. The van der Waals surface area contributed by atoms with Crippen LogP contribution in [0.15, 0.2) is 22.0 Å². The quantitative estimate of drug-likeness (QED) is 0.821. The smallest absolute Gasteiger partial charge is 0.244 e. The minimum Gasteiger partial charge on any atom is -0.393 e. The van der Waals surface area contributed by atoms with Crippen LogP contribution in [0.4, 0.5) is 0 Å². The molecule has 1 heterocycles. The van der Waals surface area contributed by atoms with Gasteiger partial charge in [-0.25, -0.2) is 0 Å². The molecule has 1 unspecified atom stereocenters. The Bertz CT molecular complexity index is 374. The third-order valence-corrected chi connectivity index (χ3v) is 3.44. The Balaban J connectivity index is 2.31. The molecule has 0 aliphatic heterocycles. The third-order valence-electron chi connectivity index (χ3n) is 1.85. The minimum absolute atomic E-state index is 0.134. The molecule has 1 atom stereocenters. The first kappa shape index (κ1) is 13.4. The monoisotopic (exact) mass is 303 g/mol. The number of amides is 1. The maximum atomic E-state index is 11.3. The molecule has 1 rings (SSSR count). The number of halogens is 1. The molecular weight excluding hydrogens is 290 g/mol. The van der Waals surface area contributed by atoms with Gasteiger partial charge in [0, 0.05) is 17.5 Å². The lowest BCUT2D eigenvalue weighted by molar-refractivity contribution is -0.116. The van der Waals surface area contributed by atoms with Gasteiger partial charge in [-0.1, -0.05) is 0 Å². The van der Waals surface area contributed by atoms with Crippen LogP contribution in [0, 0.1) is 0 Å². The number of hydrogen-bond acceptors (Lipinski definition) is 3. The molecule has 1 aromatic heterocycles. The average Bonchev–Trinajstić information content (AvgIpc) is 2.61. The lowest BCUT2D eigenvalue weighted by Gasteiger charge is -2.03. The van der Waals surface area contributed by atoms with Crippen LogP contribution in [0.25, 0.3) is 6.08 Å². The molecule has 0 aliphatic carbocycles. The molecular formula is C11H14BrNO2S. The Morgan fingerprint density at radius 1 is 1.69 bits per heavy atom. The maximum absolute atomic E-state index is 11.3. The molecule has 3 nitrogen and oxygen atoms in total. The predicted molar refractivity (Wildman–Crippen MR) is 70.4 cm³/mol. The number of carbonyl (C=O) groups is 1. The summed E-state index contributed by atoms with van der Waals surface area (Å²) in [6, 6.07) is 3.88. The SMILES string of the molecule is CC(O)CCNC(=O)C=Cc1ccc(Br)s1. The van der Waals surface area contributed by atoms with Crippen LogP contribution >= 0.6 is 27.3 Å². The van der Waals surface area contributed by atoms with Crippen LogP contribution in [0.5, 0.6) is 0 Å². The zero-order valence-electron chi connectivity index (χ0n) is 8.94. The first-order valence-electron chi connectivity index (χ1n) is 4.97. The van der Waals surface area contributed by atoms with Crippen molar-refractivity contribution in [1.29, 1.82) is 0 Å². The second kappa shape index (κ2) is 6.83. The van der Waals surface area contributed by atoms with E-state index in [4.69, 9.17) is 5.11 Å². The average molecular weight is 304 g/mol. The van der Waals surface area contributed by atoms with Crippen molar-refractivity contribution in [3.8, 4) is 0 Å². The molecule has 0 spiro atoms. The van der Waals surface area contributed by atoms with Crippen molar-refractivity contribution >= 4 is 39.2 Å². The molecule has 88 valence electrons. The van der Waals surface area contributed by atoms with E-state index in [1.807, 2.05) is 12.1 Å². The predicted octanol–water partition coefficient (Wildman–Crippen LogP) is 2.41. The number of carbonyl (C=O) groups excluding carboxylic acids is 1. The number of aliphatic hydroxyl groups excluding tert-OH is 1. The summed E-state index contributed by atoms with van der Waals surface area (Å²) in [5.74, 6) is -0.134. The van der Waals surface area contributed by atoms with E-state index in [2.05, 4.69) is 21.2 Å². The Labute approximate surface area is 107 Å². The maximum Gasteiger partial charge on any atom is 0.244 e. The van der Waals surface area contributed by atoms with Crippen molar-refractivity contribution in [2.24, 2.45) is 0 Å². The van der Waals surface area contributed by atoms with Crippen molar-refractivity contribution < 1.29 is 9.90 Å². The fourth-order valence-corrected chi connectivity index (χ4v) is 2.37. The summed E-state index contributed by atoms with van der Waals surface area (Å²) in [6.45, 7) is 2.19. The highest BCUT2D eigenvalue weighted by atomic mass is 79.9. The molecule has 1 aromatic rings. The van der Waals surface area contributed by atoms with Gasteiger partial charge in [0.15, 0.2) is 0 Å². The summed E-state index contributed by atoms with van der Waals surface area (Å²) in [5.41, 5.74) is 0. The molecule has 0 saturated carbocycles. The van der Waals surface area contributed by atoms with E-state index < -0.39 is 0 Å². The molecule has 0 radical (unpaired) electrons. The zero-order valence-corrected chi connectivity index (χ0v) is 11.3. The van der Waals surface area contributed by atoms with Gasteiger partial charge in [-0.15, -0.1) is 11.3 Å². The van der Waals surface area contributed by atoms with E-state index in [9.17, 15) is 4.79 Å². The van der Waals surface area contributed by atoms with Crippen LogP contribution < -0.4 is 5.32 Å². The van der Waals surface area contributed by atoms with Crippen LogP contribution in [-0.2, 0) is 4.79 Å². The fourth-order valence-electron chi connectivity index (χ4n) is 1.04. The lowest BCUT2D eigenvalue weighted by Crippen LogP contribution is -2.24. The Morgan fingerprint density at radius 2 is 2.44 bits per heavy atom. The molecule has 5 heteroatoms. The van der Waals surface area contributed by atoms with Gasteiger partial charge in [-0.2, -0.15) is 0 Å². The summed E-state index contributed by atoms with van der Waals surface area (Å²) in [4.78, 5) is 12.3. The summed E-state index contributed by atoms with van der Waals surface area (Å²) >= 11 is 4.92. The largest absolute Gasteiger partial charge is 0.393 e. The van der Waals surface area contributed by atoms with Crippen LogP contribution in [-0.4, -0.2) is 23.7 Å². The highest BCUT2D eigenvalue weighted by Gasteiger charge is 1.98. The highest BCUT2D eigenvalue weighted by molar-refractivity contribution is 9.11. The molecule has 16 heavy (non-hydrogen) atoms. The lowest BCUT2D eigenvalue weighted by atomic mass is 10.3. The molecule has 0 aromatic carbocycles. The number of rotatable bonds is 5. The second-order valence-electron chi connectivity index (χ2n) is 3.40. The van der Waals surface area contributed by atoms with E-state index in [1.165, 1.54) is 6.08 Å². The molecule has 0 fully saturated rings. The molecule has 0 aliphatic rings. The third kappa shape index (κ3) is 5.44. The topological polar surface area (TPSA) is 49.3 Å². The number of hydrogen-bond donors (Lipinski definition) is 2. The first-order valence-corrected chi connectivity index (χ1v) is 6.58. The number of nitrogens with one attached hydrogen (secondary N) is 1. The van der Waals surface area contributed by atoms with Crippen molar-refractivity contribution in [2.75, 3.05) is 6.54 Å². The fraction of sp³-hybridized carbons (Fsp3) is 0.364. The van der Waals surface area contributed by atoms with Gasteiger partial charge in [-0.05, 0) is 47.5 Å². The van der Waals surface area contributed by atoms with Gasteiger partial charge < -0.3 is 10.4 Å². The Kier molecular flexibility index (Phi) is 5.73. The zero-order chi connectivity index (χ0) is 12.0. The van der Waals surface area contributed by atoms with E-state index in [1.54, 1.807) is 24.3 Å². The van der Waals surface area contributed by atoms with Crippen molar-refractivity contribution in [3.63, 3.8) is 0 Å². The van der Waals surface area contributed by atoms with Gasteiger partial charge in [0.05, 0.1) is 9.89 Å². The van der Waals surface area contributed by atoms with Gasteiger partial charge >= 0.3 is 0 Å². The highest BCUT2D eigenvalue weighted by Crippen LogP contribution is 2.22. The summed E-state index contributed by atoms with van der Waals surface area (Å²) in [6.07, 6.45) is 3.47. The normalized spacial score (nSPS) is 12.9. The van der Waals surface area contributed by atoms with E-state index in [0.717, 1.165) is 8.66 Å². The summed E-state index contributed by atoms with van der Waals surface area (Å²) < 4.78 is 1.04. The van der Waals surface area contributed by atoms with E-state index in [-0.39, 0.29) is 12.0 Å². The summed E-state index contributed by atoms with van der Waals surface area (Å²) in [5, 5.41) is 11.7.